The Morgan fingerprint density at radius 2 is 2.00 bits per heavy atom. The molecule has 0 bridgehead atoms. The molecule has 2 N–H and O–H groups in total. The minimum atomic E-state index is -1.32. The van der Waals surface area contributed by atoms with E-state index in [0.29, 0.717) is 33.4 Å². The van der Waals surface area contributed by atoms with Crippen molar-refractivity contribution in [3.05, 3.63) is 39.2 Å². The van der Waals surface area contributed by atoms with E-state index in [1.807, 2.05) is 6.26 Å². The van der Waals surface area contributed by atoms with Gasteiger partial charge >= 0.3 is 5.63 Å². The van der Waals surface area contributed by atoms with E-state index < -0.39 is 23.5 Å². The Morgan fingerprint density at radius 3 is 2.63 bits per heavy atom. The molecule has 1 aromatic carbocycles. The molecule has 1 atom stereocenters. The molecular formula is C19H22NO6S-. The van der Waals surface area contributed by atoms with Crippen LogP contribution in [-0.4, -0.2) is 35.0 Å². The van der Waals surface area contributed by atoms with Crippen molar-refractivity contribution in [2.24, 2.45) is 0 Å². The summed E-state index contributed by atoms with van der Waals surface area (Å²) in [5.74, 6) is -1.17. The summed E-state index contributed by atoms with van der Waals surface area (Å²) in [6, 6.07) is 2.13. The lowest BCUT2D eigenvalue weighted by atomic mass is 10.00. The molecule has 0 unspecified atom stereocenters. The van der Waals surface area contributed by atoms with E-state index in [9.17, 15) is 24.6 Å². The maximum Gasteiger partial charge on any atom is 0.339 e. The maximum absolute atomic E-state index is 12.3. The van der Waals surface area contributed by atoms with Crippen LogP contribution in [0.5, 0.6) is 5.75 Å². The first kappa shape index (κ1) is 20.8. The summed E-state index contributed by atoms with van der Waals surface area (Å²) in [5.41, 5.74) is 1.26. The van der Waals surface area contributed by atoms with E-state index >= 15 is 0 Å². The smallest absolute Gasteiger partial charge is 0.339 e. The van der Waals surface area contributed by atoms with Gasteiger partial charge in [0.25, 0.3) is 0 Å². The second-order valence-corrected chi connectivity index (χ2v) is 7.29. The van der Waals surface area contributed by atoms with Crippen molar-refractivity contribution in [3.8, 4) is 5.75 Å². The fraction of sp³-hybridized carbons (Fsp3) is 0.421. The molecular weight excluding hydrogens is 370 g/mol. The number of aryl methyl sites for hydroxylation is 2. The fourth-order valence-electron chi connectivity index (χ4n) is 2.86. The van der Waals surface area contributed by atoms with Crippen LogP contribution in [-0.2, 0) is 16.0 Å². The van der Waals surface area contributed by atoms with Crippen LogP contribution < -0.4 is 16.0 Å². The zero-order chi connectivity index (χ0) is 20.1. The Hall–Kier alpha value is -2.48. The predicted molar refractivity (Wildman–Crippen MR) is 102 cm³/mol. The zero-order valence-corrected chi connectivity index (χ0v) is 16.3. The molecule has 2 aromatic rings. The number of fused-ring (bicyclic) bond motifs is 1. The highest BCUT2D eigenvalue weighted by Gasteiger charge is 2.17. The van der Waals surface area contributed by atoms with Crippen molar-refractivity contribution in [3.63, 3.8) is 0 Å². The van der Waals surface area contributed by atoms with Crippen LogP contribution >= 0.6 is 11.8 Å². The number of nitrogens with one attached hydrogen (secondary N) is 1. The highest BCUT2D eigenvalue weighted by molar-refractivity contribution is 7.98. The number of hydrogen-bond acceptors (Lipinski definition) is 7. The number of carboxylic acid groups (broad SMARTS) is 1. The van der Waals surface area contributed by atoms with E-state index in [-0.39, 0.29) is 25.0 Å². The van der Waals surface area contributed by atoms with Gasteiger partial charge in [-0.25, -0.2) is 4.79 Å². The molecule has 0 aliphatic carbocycles. The van der Waals surface area contributed by atoms with Crippen LogP contribution in [0.15, 0.2) is 21.3 Å². The second kappa shape index (κ2) is 8.94. The number of rotatable bonds is 8. The number of phenolic OH excluding ortho intramolecular Hbond substituents is 1. The van der Waals surface area contributed by atoms with Gasteiger partial charge in [0.15, 0.2) is 0 Å². The number of aliphatic carboxylic acids is 1. The number of thioether (sulfide) groups is 1. The highest BCUT2D eigenvalue weighted by Crippen LogP contribution is 2.28. The number of carboxylic acids is 1. The average Bonchev–Trinajstić information content (AvgIpc) is 2.61. The van der Waals surface area contributed by atoms with Crippen LogP contribution in [0.1, 0.15) is 29.5 Å². The third-order valence-electron chi connectivity index (χ3n) is 4.51. The molecule has 1 aromatic heterocycles. The molecule has 0 saturated heterocycles. The summed E-state index contributed by atoms with van der Waals surface area (Å²) in [5, 5.41) is 24.0. The van der Waals surface area contributed by atoms with E-state index in [1.165, 1.54) is 17.8 Å². The van der Waals surface area contributed by atoms with Gasteiger partial charge in [0, 0.05) is 22.9 Å². The zero-order valence-electron chi connectivity index (χ0n) is 15.5. The monoisotopic (exact) mass is 392 g/mol. The van der Waals surface area contributed by atoms with E-state index in [4.69, 9.17) is 4.42 Å². The van der Waals surface area contributed by atoms with E-state index in [1.54, 1.807) is 19.9 Å². The van der Waals surface area contributed by atoms with Crippen LogP contribution in [0.2, 0.25) is 0 Å². The number of amides is 1. The molecule has 0 saturated carbocycles. The Balaban J connectivity index is 2.17. The summed E-state index contributed by atoms with van der Waals surface area (Å²) >= 11 is 1.48. The molecule has 0 fully saturated rings. The van der Waals surface area contributed by atoms with Gasteiger partial charge in [0.1, 0.15) is 11.3 Å². The number of hydrogen-bond donors (Lipinski definition) is 2. The van der Waals surface area contributed by atoms with Crippen molar-refractivity contribution in [2.45, 2.75) is 39.2 Å². The SMILES string of the molecule is CSCC[C@H](NC(=O)CCc1c(C)c2ccc(O)c(C)c2oc1=O)C(=O)[O-]. The third-order valence-corrected chi connectivity index (χ3v) is 5.15. The Morgan fingerprint density at radius 1 is 1.30 bits per heavy atom. The first-order chi connectivity index (χ1) is 12.8. The van der Waals surface area contributed by atoms with E-state index in [0.717, 1.165) is 0 Å². The van der Waals surface area contributed by atoms with Crippen LogP contribution in [0.3, 0.4) is 0 Å². The molecule has 146 valence electrons. The molecule has 0 aliphatic heterocycles. The number of benzene rings is 1. The van der Waals surface area contributed by atoms with Crippen molar-refractivity contribution in [1.29, 1.82) is 0 Å². The van der Waals surface area contributed by atoms with Crippen molar-refractivity contribution < 1.29 is 24.2 Å². The first-order valence-corrected chi connectivity index (χ1v) is 9.89. The molecule has 2 rings (SSSR count). The maximum atomic E-state index is 12.3. The summed E-state index contributed by atoms with van der Waals surface area (Å²) < 4.78 is 5.34. The molecule has 27 heavy (non-hydrogen) atoms. The molecule has 0 aliphatic rings. The van der Waals surface area contributed by atoms with Gasteiger partial charge in [-0.05, 0) is 56.4 Å². The van der Waals surface area contributed by atoms with Crippen LogP contribution in [0.4, 0.5) is 0 Å². The summed E-state index contributed by atoms with van der Waals surface area (Å²) in [4.78, 5) is 35.5. The number of phenols is 1. The lowest BCUT2D eigenvalue weighted by Gasteiger charge is -2.19. The topological polar surface area (TPSA) is 120 Å². The predicted octanol–water partition coefficient (Wildman–Crippen LogP) is 1.04. The fourth-order valence-corrected chi connectivity index (χ4v) is 3.33. The van der Waals surface area contributed by atoms with Gasteiger partial charge in [-0.15, -0.1) is 0 Å². The van der Waals surface area contributed by atoms with Gasteiger partial charge in [0.2, 0.25) is 5.91 Å². The molecule has 0 radical (unpaired) electrons. The van der Waals surface area contributed by atoms with Gasteiger partial charge in [-0.3, -0.25) is 4.79 Å². The van der Waals surface area contributed by atoms with Gasteiger partial charge < -0.3 is 24.7 Å². The lowest BCUT2D eigenvalue weighted by Crippen LogP contribution is -2.48. The quantitative estimate of drug-likeness (QED) is 0.644. The molecule has 7 nitrogen and oxygen atoms in total. The Bertz CT molecular complexity index is 921. The molecule has 8 heteroatoms. The molecule has 0 spiro atoms. The van der Waals surface area contributed by atoms with Gasteiger partial charge in [-0.1, -0.05) is 0 Å². The van der Waals surface area contributed by atoms with Crippen molar-refractivity contribution >= 4 is 34.6 Å². The number of carbonyl (C=O) groups excluding carboxylic acids is 2. The van der Waals surface area contributed by atoms with Gasteiger partial charge in [-0.2, -0.15) is 11.8 Å². The lowest BCUT2D eigenvalue weighted by molar-refractivity contribution is -0.308. The molecule has 1 amide bonds. The number of carbonyl (C=O) groups is 2. The standard InChI is InChI=1S/C19H23NO6S/c1-10-12-4-6-15(21)11(2)17(12)26-19(25)13(10)5-7-16(22)20-14(18(23)24)8-9-27-3/h4,6,14,21H,5,7-9H2,1-3H3,(H,20,22)(H,23,24)/p-1/t14-/m0/s1. The number of aromatic hydroxyl groups is 1. The largest absolute Gasteiger partial charge is 0.548 e. The third kappa shape index (κ3) is 4.82. The summed E-state index contributed by atoms with van der Waals surface area (Å²) in [6.45, 7) is 3.41. The average molecular weight is 392 g/mol. The Kier molecular flexibility index (Phi) is 6.90. The summed E-state index contributed by atoms with van der Waals surface area (Å²) in [6.07, 6.45) is 2.20. The molecule has 1 heterocycles. The van der Waals surface area contributed by atoms with E-state index in [2.05, 4.69) is 5.32 Å². The Labute approximate surface area is 160 Å². The first-order valence-electron chi connectivity index (χ1n) is 8.50. The van der Waals surface area contributed by atoms with Crippen molar-refractivity contribution in [1.82, 2.24) is 5.32 Å². The van der Waals surface area contributed by atoms with Crippen molar-refractivity contribution in [2.75, 3.05) is 12.0 Å². The summed E-state index contributed by atoms with van der Waals surface area (Å²) in [7, 11) is 0. The van der Waals surface area contributed by atoms with Crippen LogP contribution in [0, 0.1) is 13.8 Å². The second-order valence-electron chi connectivity index (χ2n) is 6.30. The highest BCUT2D eigenvalue weighted by atomic mass is 32.2. The van der Waals surface area contributed by atoms with Gasteiger partial charge in [0.05, 0.1) is 12.0 Å². The minimum absolute atomic E-state index is 0.0377. The minimum Gasteiger partial charge on any atom is -0.548 e. The normalized spacial score (nSPS) is 12.1. The van der Waals surface area contributed by atoms with Crippen LogP contribution in [0.25, 0.3) is 11.0 Å².